The summed E-state index contributed by atoms with van der Waals surface area (Å²) in [5.41, 5.74) is 1.87. The average molecular weight is 368 g/mol. The third-order valence-corrected chi connectivity index (χ3v) is 4.33. The van der Waals surface area contributed by atoms with Gasteiger partial charge in [-0.05, 0) is 43.7 Å². The van der Waals surface area contributed by atoms with Gasteiger partial charge in [0.25, 0.3) is 5.91 Å². The molecule has 0 spiro atoms. The van der Waals surface area contributed by atoms with E-state index in [-0.39, 0.29) is 23.6 Å². The molecule has 2 aromatic carbocycles. The van der Waals surface area contributed by atoms with E-state index in [0.717, 1.165) is 5.56 Å². The highest BCUT2D eigenvalue weighted by molar-refractivity contribution is 6.05. The van der Waals surface area contributed by atoms with Crippen molar-refractivity contribution < 1.29 is 24.2 Å². The summed E-state index contributed by atoms with van der Waals surface area (Å²) >= 11 is 0. The number of carbonyl (C=O) groups is 3. The highest BCUT2D eigenvalue weighted by Gasteiger charge is 2.30. The Bertz CT molecular complexity index is 909. The second kappa shape index (κ2) is 7.49. The second-order valence-corrected chi connectivity index (χ2v) is 6.48. The number of para-hydroxylation sites is 2. The van der Waals surface area contributed by atoms with Crippen molar-refractivity contribution in [2.45, 2.75) is 26.3 Å². The lowest BCUT2D eigenvalue weighted by molar-refractivity contribution is -0.122. The molecule has 140 valence electrons. The predicted octanol–water partition coefficient (Wildman–Crippen LogP) is 2.62. The number of esters is 1. The molecular weight excluding hydrogens is 348 g/mol. The summed E-state index contributed by atoms with van der Waals surface area (Å²) in [6.45, 7) is 3.04. The second-order valence-electron chi connectivity index (χ2n) is 6.48. The molecule has 2 amide bonds. The summed E-state index contributed by atoms with van der Waals surface area (Å²) in [7, 11) is 0. The van der Waals surface area contributed by atoms with Crippen LogP contribution < -0.4 is 10.2 Å². The molecule has 0 radical (unpaired) electrons. The molecule has 0 bridgehead atoms. The number of phenolic OH excluding ortho intramolecular Hbond substituents is 1. The molecule has 0 saturated carbocycles. The lowest BCUT2D eigenvalue weighted by Crippen LogP contribution is -2.41. The Labute approximate surface area is 156 Å². The van der Waals surface area contributed by atoms with E-state index in [1.807, 2.05) is 0 Å². The molecule has 2 aromatic rings. The van der Waals surface area contributed by atoms with Crippen LogP contribution in [0, 0.1) is 6.92 Å². The van der Waals surface area contributed by atoms with Gasteiger partial charge in [0.2, 0.25) is 5.91 Å². The van der Waals surface area contributed by atoms with Crippen molar-refractivity contribution in [3.8, 4) is 5.75 Å². The first-order valence-electron chi connectivity index (χ1n) is 8.54. The maximum atomic E-state index is 12.8. The molecule has 0 aliphatic carbocycles. The lowest BCUT2D eigenvalue weighted by Gasteiger charge is -2.27. The van der Waals surface area contributed by atoms with E-state index in [0.29, 0.717) is 11.4 Å². The van der Waals surface area contributed by atoms with Crippen LogP contribution in [0.2, 0.25) is 0 Å². The number of ether oxygens (including phenoxy) is 1. The molecule has 0 fully saturated rings. The number of phenols is 1. The first-order valence-corrected chi connectivity index (χ1v) is 8.54. The first-order chi connectivity index (χ1) is 12.9. The van der Waals surface area contributed by atoms with Gasteiger partial charge in [0.05, 0.1) is 11.4 Å². The van der Waals surface area contributed by atoms with Crippen LogP contribution in [0.15, 0.2) is 42.5 Å². The van der Waals surface area contributed by atoms with Crippen molar-refractivity contribution in [3.63, 3.8) is 0 Å². The minimum atomic E-state index is -0.786. The number of aromatic hydroxyl groups is 1. The van der Waals surface area contributed by atoms with E-state index >= 15 is 0 Å². The Morgan fingerprint density at radius 1 is 1.26 bits per heavy atom. The Hall–Kier alpha value is -3.35. The van der Waals surface area contributed by atoms with Crippen molar-refractivity contribution in [2.24, 2.45) is 0 Å². The largest absolute Gasteiger partial charge is 0.507 e. The minimum absolute atomic E-state index is 0.00504. The molecule has 0 saturated heterocycles. The van der Waals surface area contributed by atoms with Crippen molar-refractivity contribution >= 4 is 29.2 Å². The van der Waals surface area contributed by atoms with Crippen LogP contribution in [-0.4, -0.2) is 35.5 Å². The van der Waals surface area contributed by atoms with E-state index < -0.39 is 24.5 Å². The molecule has 3 rings (SSSR count). The maximum absolute atomic E-state index is 12.8. The molecular formula is C20H20N2O5. The van der Waals surface area contributed by atoms with Gasteiger partial charge < -0.3 is 20.1 Å². The number of nitrogens with one attached hydrogen (secondary N) is 1. The zero-order valence-corrected chi connectivity index (χ0v) is 15.1. The van der Waals surface area contributed by atoms with E-state index in [4.69, 9.17) is 4.74 Å². The molecule has 0 aromatic heterocycles. The SMILES string of the molecule is Cc1ccc(C(=O)OCC(=O)N2c3ccccc3NC(=O)C[C@@H]2C)c(O)c1. The molecule has 27 heavy (non-hydrogen) atoms. The van der Waals surface area contributed by atoms with Gasteiger partial charge in [-0.25, -0.2) is 4.79 Å². The van der Waals surface area contributed by atoms with Crippen LogP contribution in [0.4, 0.5) is 11.4 Å². The molecule has 2 N–H and O–H groups in total. The summed E-state index contributed by atoms with van der Waals surface area (Å²) in [6, 6.07) is 11.1. The number of benzene rings is 2. The number of rotatable bonds is 3. The van der Waals surface area contributed by atoms with Crippen LogP contribution in [0.25, 0.3) is 0 Å². The number of carbonyl (C=O) groups excluding carboxylic acids is 3. The zero-order chi connectivity index (χ0) is 19.6. The van der Waals surface area contributed by atoms with Crippen LogP contribution in [0.3, 0.4) is 0 Å². The van der Waals surface area contributed by atoms with Crippen molar-refractivity contribution in [1.29, 1.82) is 0 Å². The predicted molar refractivity (Wildman–Crippen MR) is 99.8 cm³/mol. The van der Waals surface area contributed by atoms with Crippen LogP contribution in [0.5, 0.6) is 5.75 Å². The number of hydrogen-bond donors (Lipinski definition) is 2. The number of fused-ring (bicyclic) bond motifs is 1. The van der Waals surface area contributed by atoms with Gasteiger partial charge in [-0.1, -0.05) is 18.2 Å². The van der Waals surface area contributed by atoms with E-state index in [1.165, 1.54) is 17.0 Å². The number of hydrogen-bond acceptors (Lipinski definition) is 5. The topological polar surface area (TPSA) is 95.9 Å². The Morgan fingerprint density at radius 3 is 2.74 bits per heavy atom. The van der Waals surface area contributed by atoms with E-state index in [2.05, 4.69) is 5.32 Å². The third-order valence-electron chi connectivity index (χ3n) is 4.33. The van der Waals surface area contributed by atoms with Crippen molar-refractivity contribution in [1.82, 2.24) is 0 Å². The van der Waals surface area contributed by atoms with Gasteiger partial charge in [0.15, 0.2) is 6.61 Å². The monoisotopic (exact) mass is 368 g/mol. The summed E-state index contributed by atoms with van der Waals surface area (Å²) in [5.74, 6) is -1.63. The minimum Gasteiger partial charge on any atom is -0.507 e. The maximum Gasteiger partial charge on any atom is 0.342 e. The van der Waals surface area contributed by atoms with E-state index in [9.17, 15) is 19.5 Å². The fraction of sp³-hybridized carbons (Fsp3) is 0.250. The fourth-order valence-electron chi connectivity index (χ4n) is 3.06. The quantitative estimate of drug-likeness (QED) is 0.812. The molecule has 0 unspecified atom stereocenters. The highest BCUT2D eigenvalue weighted by atomic mass is 16.5. The number of amides is 2. The molecule has 1 atom stereocenters. The van der Waals surface area contributed by atoms with Crippen molar-refractivity contribution in [3.05, 3.63) is 53.6 Å². The van der Waals surface area contributed by atoms with Crippen molar-refractivity contribution in [2.75, 3.05) is 16.8 Å². The third kappa shape index (κ3) is 3.92. The van der Waals surface area contributed by atoms with Gasteiger partial charge in [0, 0.05) is 12.5 Å². The zero-order valence-electron chi connectivity index (χ0n) is 15.1. The number of nitrogens with zero attached hydrogens (tertiary/aromatic N) is 1. The van der Waals surface area contributed by atoms with Crippen LogP contribution >= 0.6 is 0 Å². The normalized spacial score (nSPS) is 16.1. The van der Waals surface area contributed by atoms with Gasteiger partial charge in [0.1, 0.15) is 11.3 Å². The summed E-state index contributed by atoms with van der Waals surface area (Å²) < 4.78 is 5.10. The average Bonchev–Trinajstić information content (AvgIpc) is 2.73. The van der Waals surface area contributed by atoms with Gasteiger partial charge in [-0.3, -0.25) is 9.59 Å². The summed E-state index contributed by atoms with van der Waals surface area (Å²) in [6.07, 6.45) is 0.132. The Balaban J connectivity index is 1.77. The number of aryl methyl sites for hydroxylation is 1. The van der Waals surface area contributed by atoms with Gasteiger partial charge in [-0.2, -0.15) is 0 Å². The molecule has 1 aliphatic rings. The van der Waals surface area contributed by atoms with Crippen LogP contribution in [-0.2, 0) is 14.3 Å². The van der Waals surface area contributed by atoms with Gasteiger partial charge in [-0.15, -0.1) is 0 Å². The molecule has 1 heterocycles. The van der Waals surface area contributed by atoms with E-state index in [1.54, 1.807) is 44.2 Å². The first kappa shape index (κ1) is 18.4. The lowest BCUT2D eigenvalue weighted by atomic mass is 10.1. The summed E-state index contributed by atoms with van der Waals surface area (Å²) in [5, 5.41) is 12.6. The Kier molecular flexibility index (Phi) is 5.12. The molecule has 1 aliphatic heterocycles. The standard InChI is InChI=1S/C20H20N2O5/c1-12-7-8-14(17(23)9-12)20(26)27-11-19(25)22-13(2)10-18(24)21-15-5-3-4-6-16(15)22/h3-9,13,23H,10-11H2,1-2H3,(H,21,24)/t13-/m0/s1. The van der Waals surface area contributed by atoms with Crippen LogP contribution in [0.1, 0.15) is 29.3 Å². The van der Waals surface area contributed by atoms with Gasteiger partial charge >= 0.3 is 5.97 Å². The Morgan fingerprint density at radius 2 is 2.00 bits per heavy atom. The smallest absolute Gasteiger partial charge is 0.342 e. The summed E-state index contributed by atoms with van der Waals surface area (Å²) in [4.78, 5) is 38.4. The highest BCUT2D eigenvalue weighted by Crippen LogP contribution is 2.31. The molecule has 7 heteroatoms. The fourth-order valence-corrected chi connectivity index (χ4v) is 3.06. The molecule has 7 nitrogen and oxygen atoms in total. The number of anilines is 2.